The summed E-state index contributed by atoms with van der Waals surface area (Å²) in [7, 11) is 0. The van der Waals surface area contributed by atoms with Crippen LogP contribution in [-0.2, 0) is 13.0 Å². The summed E-state index contributed by atoms with van der Waals surface area (Å²) in [5, 5.41) is 12.7. The first kappa shape index (κ1) is 14.6. The van der Waals surface area contributed by atoms with E-state index in [1.165, 1.54) is 10.4 Å². The summed E-state index contributed by atoms with van der Waals surface area (Å²) in [6.07, 6.45) is 4.87. The molecule has 3 aromatic rings. The van der Waals surface area contributed by atoms with E-state index in [-0.39, 0.29) is 0 Å². The SMILES string of the molecule is CCc1sc(-c2nnc(CN3CC(n4cccn4)C3)o2)cc1C. The molecule has 0 aliphatic carbocycles. The summed E-state index contributed by atoms with van der Waals surface area (Å²) in [5.74, 6) is 1.32. The van der Waals surface area contributed by atoms with Gasteiger partial charge in [-0.15, -0.1) is 21.5 Å². The van der Waals surface area contributed by atoms with Gasteiger partial charge in [0.15, 0.2) is 0 Å². The largest absolute Gasteiger partial charge is 0.419 e. The summed E-state index contributed by atoms with van der Waals surface area (Å²) in [5.41, 5.74) is 1.30. The Labute approximate surface area is 138 Å². The Morgan fingerprint density at radius 3 is 2.91 bits per heavy atom. The zero-order chi connectivity index (χ0) is 15.8. The van der Waals surface area contributed by atoms with Crippen molar-refractivity contribution in [2.75, 3.05) is 13.1 Å². The second kappa shape index (κ2) is 5.90. The van der Waals surface area contributed by atoms with Crippen molar-refractivity contribution < 1.29 is 4.42 Å². The second-order valence-corrected chi connectivity index (χ2v) is 7.04. The van der Waals surface area contributed by atoms with Crippen LogP contribution < -0.4 is 0 Å². The lowest BCUT2D eigenvalue weighted by Gasteiger charge is -2.38. The monoisotopic (exact) mass is 329 g/mol. The van der Waals surface area contributed by atoms with E-state index in [0.29, 0.717) is 24.4 Å². The Morgan fingerprint density at radius 2 is 2.22 bits per heavy atom. The second-order valence-electron chi connectivity index (χ2n) is 5.91. The average Bonchev–Trinajstić information content (AvgIpc) is 3.22. The molecular formula is C16H19N5OS. The fourth-order valence-corrected chi connectivity index (χ4v) is 3.96. The molecule has 7 heteroatoms. The third-order valence-electron chi connectivity index (χ3n) is 4.22. The van der Waals surface area contributed by atoms with Gasteiger partial charge in [0, 0.05) is 30.4 Å². The molecule has 4 heterocycles. The Kier molecular flexibility index (Phi) is 3.74. The van der Waals surface area contributed by atoms with E-state index in [1.807, 2.05) is 23.1 Å². The maximum Gasteiger partial charge on any atom is 0.257 e. The summed E-state index contributed by atoms with van der Waals surface area (Å²) in [6, 6.07) is 4.55. The van der Waals surface area contributed by atoms with E-state index in [0.717, 1.165) is 24.4 Å². The van der Waals surface area contributed by atoms with Gasteiger partial charge in [0.25, 0.3) is 5.89 Å². The molecule has 0 N–H and O–H groups in total. The first-order valence-electron chi connectivity index (χ1n) is 7.86. The van der Waals surface area contributed by atoms with E-state index >= 15 is 0 Å². The molecular weight excluding hydrogens is 310 g/mol. The molecule has 1 aliphatic rings. The van der Waals surface area contributed by atoms with E-state index in [1.54, 1.807) is 11.3 Å². The van der Waals surface area contributed by atoms with Crippen LogP contribution in [0.4, 0.5) is 0 Å². The van der Waals surface area contributed by atoms with Gasteiger partial charge in [0.1, 0.15) is 0 Å². The third-order valence-corrected chi connectivity index (χ3v) is 5.58. The molecule has 3 aromatic heterocycles. The fourth-order valence-electron chi connectivity index (χ4n) is 2.92. The van der Waals surface area contributed by atoms with Crippen LogP contribution in [0.3, 0.4) is 0 Å². The topological polar surface area (TPSA) is 60.0 Å². The molecule has 1 fully saturated rings. The fraction of sp³-hybridized carbons (Fsp3) is 0.438. The molecule has 0 aromatic carbocycles. The molecule has 0 radical (unpaired) electrons. The molecule has 0 spiro atoms. The first-order valence-corrected chi connectivity index (χ1v) is 8.68. The van der Waals surface area contributed by atoms with Gasteiger partial charge >= 0.3 is 0 Å². The molecule has 0 atom stereocenters. The van der Waals surface area contributed by atoms with Crippen molar-refractivity contribution in [3.8, 4) is 10.8 Å². The van der Waals surface area contributed by atoms with Crippen LogP contribution in [0.25, 0.3) is 10.8 Å². The lowest BCUT2D eigenvalue weighted by atomic mass is 10.1. The van der Waals surface area contributed by atoms with Gasteiger partial charge in [-0.05, 0) is 31.0 Å². The molecule has 0 saturated carbocycles. The number of hydrogen-bond acceptors (Lipinski definition) is 6. The Balaban J connectivity index is 1.39. The number of likely N-dealkylation sites (tertiary alicyclic amines) is 1. The van der Waals surface area contributed by atoms with Crippen molar-refractivity contribution in [2.45, 2.75) is 32.9 Å². The van der Waals surface area contributed by atoms with Crippen LogP contribution in [0.15, 0.2) is 28.9 Å². The van der Waals surface area contributed by atoms with Crippen molar-refractivity contribution in [3.05, 3.63) is 40.9 Å². The van der Waals surface area contributed by atoms with Crippen LogP contribution in [0, 0.1) is 6.92 Å². The highest BCUT2D eigenvalue weighted by Gasteiger charge is 2.29. The van der Waals surface area contributed by atoms with Crippen LogP contribution in [-0.4, -0.2) is 38.0 Å². The zero-order valence-electron chi connectivity index (χ0n) is 13.3. The minimum atomic E-state index is 0.458. The molecule has 120 valence electrons. The normalized spacial score (nSPS) is 15.9. The van der Waals surface area contributed by atoms with E-state index in [4.69, 9.17) is 4.42 Å². The molecule has 4 rings (SSSR count). The van der Waals surface area contributed by atoms with Gasteiger partial charge in [0.2, 0.25) is 5.89 Å². The minimum absolute atomic E-state index is 0.458. The molecule has 6 nitrogen and oxygen atoms in total. The van der Waals surface area contributed by atoms with E-state index in [2.05, 4.69) is 40.1 Å². The van der Waals surface area contributed by atoms with Crippen molar-refractivity contribution in [1.82, 2.24) is 24.9 Å². The Morgan fingerprint density at radius 1 is 1.35 bits per heavy atom. The molecule has 23 heavy (non-hydrogen) atoms. The van der Waals surface area contributed by atoms with Crippen LogP contribution >= 0.6 is 11.3 Å². The predicted octanol–water partition coefficient (Wildman–Crippen LogP) is 2.92. The Hall–Kier alpha value is -1.99. The maximum absolute atomic E-state index is 5.84. The zero-order valence-corrected chi connectivity index (χ0v) is 14.1. The Bertz CT molecular complexity index is 785. The van der Waals surface area contributed by atoms with Crippen molar-refractivity contribution in [2.24, 2.45) is 0 Å². The average molecular weight is 329 g/mol. The quantitative estimate of drug-likeness (QED) is 0.720. The third kappa shape index (κ3) is 2.82. The van der Waals surface area contributed by atoms with Crippen LogP contribution in [0.1, 0.15) is 29.3 Å². The van der Waals surface area contributed by atoms with Gasteiger partial charge in [-0.3, -0.25) is 9.58 Å². The standard InChI is InChI=1S/C16H19N5OS/c1-3-13-11(2)7-14(23-13)16-19-18-15(22-16)10-20-8-12(9-20)21-6-4-5-17-21/h4-7,12H,3,8-10H2,1-2H3. The first-order chi connectivity index (χ1) is 11.2. The van der Waals surface area contributed by atoms with Crippen molar-refractivity contribution in [1.29, 1.82) is 0 Å². The number of thiophene rings is 1. The summed E-state index contributed by atoms with van der Waals surface area (Å²) >= 11 is 1.74. The maximum atomic E-state index is 5.84. The summed E-state index contributed by atoms with van der Waals surface area (Å²) in [6.45, 7) is 6.94. The number of aromatic nitrogens is 4. The molecule has 0 amide bonds. The van der Waals surface area contributed by atoms with Crippen molar-refractivity contribution >= 4 is 11.3 Å². The van der Waals surface area contributed by atoms with Crippen LogP contribution in [0.5, 0.6) is 0 Å². The lowest BCUT2D eigenvalue weighted by Crippen LogP contribution is -2.47. The molecule has 0 bridgehead atoms. The number of rotatable bonds is 5. The lowest BCUT2D eigenvalue weighted by molar-refractivity contribution is 0.0817. The summed E-state index contributed by atoms with van der Waals surface area (Å²) in [4.78, 5) is 4.74. The van der Waals surface area contributed by atoms with Gasteiger partial charge in [-0.2, -0.15) is 5.10 Å². The van der Waals surface area contributed by atoms with E-state index < -0.39 is 0 Å². The number of nitrogens with zero attached hydrogens (tertiary/aromatic N) is 5. The molecule has 1 aliphatic heterocycles. The smallest absolute Gasteiger partial charge is 0.257 e. The van der Waals surface area contributed by atoms with Gasteiger partial charge in [-0.1, -0.05) is 6.92 Å². The predicted molar refractivity (Wildman–Crippen MR) is 88.3 cm³/mol. The van der Waals surface area contributed by atoms with Gasteiger partial charge in [-0.25, -0.2) is 0 Å². The number of hydrogen-bond donors (Lipinski definition) is 0. The van der Waals surface area contributed by atoms with E-state index in [9.17, 15) is 0 Å². The summed E-state index contributed by atoms with van der Waals surface area (Å²) < 4.78 is 7.85. The number of aryl methyl sites for hydroxylation is 2. The van der Waals surface area contributed by atoms with Gasteiger partial charge in [0.05, 0.1) is 17.5 Å². The highest BCUT2D eigenvalue weighted by atomic mass is 32.1. The van der Waals surface area contributed by atoms with Crippen LogP contribution in [0.2, 0.25) is 0 Å². The highest BCUT2D eigenvalue weighted by molar-refractivity contribution is 7.15. The van der Waals surface area contributed by atoms with Gasteiger partial charge < -0.3 is 4.42 Å². The minimum Gasteiger partial charge on any atom is -0.419 e. The van der Waals surface area contributed by atoms with Crippen molar-refractivity contribution in [3.63, 3.8) is 0 Å². The molecule has 0 unspecified atom stereocenters. The highest BCUT2D eigenvalue weighted by Crippen LogP contribution is 2.31. The molecule has 1 saturated heterocycles.